The number of nitrogens with zero attached hydrogens (tertiary/aromatic N) is 2. The lowest BCUT2D eigenvalue weighted by Crippen LogP contribution is -2.33. The molecule has 1 fully saturated rings. The van der Waals surface area contributed by atoms with E-state index >= 15 is 0 Å². The van der Waals surface area contributed by atoms with Gasteiger partial charge < -0.3 is 10.5 Å². The summed E-state index contributed by atoms with van der Waals surface area (Å²) < 4.78 is 7.20. The van der Waals surface area contributed by atoms with Crippen LogP contribution in [0.3, 0.4) is 0 Å². The first-order valence-electron chi connectivity index (χ1n) is 5.38. The first kappa shape index (κ1) is 10.5. The van der Waals surface area contributed by atoms with E-state index < -0.39 is 0 Å². The number of hydrogen-bond acceptors (Lipinski definition) is 3. The van der Waals surface area contributed by atoms with Crippen molar-refractivity contribution >= 4 is 5.82 Å². The number of aromatic nitrogens is 2. The Morgan fingerprint density at radius 1 is 1.53 bits per heavy atom. The molecule has 0 unspecified atom stereocenters. The first-order chi connectivity index (χ1) is 6.97. The van der Waals surface area contributed by atoms with Gasteiger partial charge in [-0.2, -0.15) is 5.10 Å². The quantitative estimate of drug-likeness (QED) is 0.801. The fourth-order valence-corrected chi connectivity index (χ4v) is 1.81. The van der Waals surface area contributed by atoms with Crippen LogP contribution in [0.1, 0.15) is 26.5 Å². The molecule has 0 aromatic carbocycles. The second-order valence-electron chi connectivity index (χ2n) is 5.29. The van der Waals surface area contributed by atoms with Gasteiger partial charge in [0.15, 0.2) is 0 Å². The van der Waals surface area contributed by atoms with Crippen molar-refractivity contribution in [1.82, 2.24) is 9.78 Å². The Labute approximate surface area is 90.4 Å². The Morgan fingerprint density at radius 3 is 2.67 bits per heavy atom. The predicted molar refractivity (Wildman–Crippen MR) is 59.6 cm³/mol. The number of rotatable bonds is 2. The topological polar surface area (TPSA) is 53.1 Å². The van der Waals surface area contributed by atoms with Crippen molar-refractivity contribution in [1.29, 1.82) is 0 Å². The van der Waals surface area contributed by atoms with E-state index in [1.807, 2.05) is 10.7 Å². The van der Waals surface area contributed by atoms with E-state index in [1.165, 1.54) is 5.69 Å². The van der Waals surface area contributed by atoms with Crippen LogP contribution in [-0.2, 0) is 16.7 Å². The monoisotopic (exact) mass is 209 g/mol. The molecular weight excluding hydrogens is 190 g/mol. The van der Waals surface area contributed by atoms with Gasteiger partial charge in [-0.25, -0.2) is 0 Å². The highest BCUT2D eigenvalue weighted by atomic mass is 16.5. The molecule has 0 amide bonds. The number of ether oxygens (including phenoxy) is 1. The lowest BCUT2D eigenvalue weighted by molar-refractivity contribution is -0.0414. The average Bonchev–Trinajstić information content (AvgIpc) is 2.38. The minimum Gasteiger partial charge on any atom is -0.382 e. The first-order valence-corrected chi connectivity index (χ1v) is 5.38. The maximum absolute atomic E-state index is 5.75. The molecule has 15 heavy (non-hydrogen) atoms. The average molecular weight is 209 g/mol. The molecule has 0 bridgehead atoms. The third-order valence-corrected chi connectivity index (χ3v) is 2.71. The zero-order valence-electron chi connectivity index (χ0n) is 9.66. The normalized spacial score (nSPS) is 17.8. The van der Waals surface area contributed by atoms with Crippen LogP contribution in [-0.4, -0.2) is 23.0 Å². The van der Waals surface area contributed by atoms with Crippen LogP contribution >= 0.6 is 0 Å². The Hall–Kier alpha value is -1.03. The molecular formula is C11H19N3O. The van der Waals surface area contributed by atoms with Crippen LogP contribution in [0.4, 0.5) is 5.82 Å². The molecule has 1 aliphatic rings. The Balaban J connectivity index is 2.20. The predicted octanol–water partition coefficient (Wildman–Crippen LogP) is 1.41. The summed E-state index contributed by atoms with van der Waals surface area (Å²) in [6.45, 7) is 9.15. The number of nitrogen functional groups attached to an aromatic ring is 1. The minimum atomic E-state index is 0.0925. The molecule has 0 radical (unpaired) electrons. The van der Waals surface area contributed by atoms with Gasteiger partial charge in [-0.1, -0.05) is 20.8 Å². The van der Waals surface area contributed by atoms with E-state index in [0.29, 0.717) is 11.7 Å². The summed E-state index contributed by atoms with van der Waals surface area (Å²) in [6, 6.07) is 1.97. The van der Waals surface area contributed by atoms with Crippen LogP contribution in [0, 0.1) is 5.92 Å². The molecule has 1 aromatic heterocycles. The third-order valence-electron chi connectivity index (χ3n) is 2.71. The van der Waals surface area contributed by atoms with E-state index in [2.05, 4.69) is 25.9 Å². The highest BCUT2D eigenvalue weighted by molar-refractivity contribution is 5.32. The molecule has 4 heteroatoms. The maximum atomic E-state index is 5.75. The van der Waals surface area contributed by atoms with E-state index in [9.17, 15) is 0 Å². The largest absolute Gasteiger partial charge is 0.382 e. The van der Waals surface area contributed by atoms with Crippen LogP contribution in [0.25, 0.3) is 0 Å². The van der Waals surface area contributed by atoms with Crippen LogP contribution in [0.2, 0.25) is 0 Å². The van der Waals surface area contributed by atoms with Crippen molar-refractivity contribution in [2.75, 3.05) is 18.9 Å². The van der Waals surface area contributed by atoms with Gasteiger partial charge in [0.2, 0.25) is 0 Å². The molecule has 0 spiro atoms. The third kappa shape index (κ3) is 2.15. The van der Waals surface area contributed by atoms with Crippen LogP contribution in [0.15, 0.2) is 6.07 Å². The van der Waals surface area contributed by atoms with Crippen LogP contribution < -0.4 is 5.73 Å². The van der Waals surface area contributed by atoms with Gasteiger partial charge in [-0.15, -0.1) is 0 Å². The fraction of sp³-hybridized carbons (Fsp3) is 0.727. The molecule has 4 nitrogen and oxygen atoms in total. The molecule has 0 aliphatic carbocycles. The second-order valence-corrected chi connectivity index (χ2v) is 5.29. The lowest BCUT2D eigenvalue weighted by Gasteiger charge is -2.28. The minimum absolute atomic E-state index is 0.0925. The van der Waals surface area contributed by atoms with Crippen molar-refractivity contribution in [2.24, 2.45) is 5.92 Å². The van der Waals surface area contributed by atoms with Crippen molar-refractivity contribution in [3.8, 4) is 0 Å². The molecule has 0 saturated carbocycles. The molecule has 1 aromatic rings. The SMILES string of the molecule is CC(C)(C)c1cc(N)nn1CC1COC1. The summed E-state index contributed by atoms with van der Waals surface area (Å²) >= 11 is 0. The van der Waals surface area contributed by atoms with Gasteiger partial charge >= 0.3 is 0 Å². The molecule has 1 aliphatic heterocycles. The Morgan fingerprint density at radius 2 is 2.20 bits per heavy atom. The van der Waals surface area contributed by atoms with E-state index in [0.717, 1.165) is 19.8 Å². The summed E-state index contributed by atoms with van der Waals surface area (Å²) in [7, 11) is 0. The zero-order valence-corrected chi connectivity index (χ0v) is 9.66. The van der Waals surface area contributed by atoms with Gasteiger partial charge in [0, 0.05) is 29.6 Å². The smallest absolute Gasteiger partial charge is 0.145 e. The molecule has 84 valence electrons. The summed E-state index contributed by atoms with van der Waals surface area (Å²) in [6.07, 6.45) is 0. The highest BCUT2D eigenvalue weighted by Gasteiger charge is 2.25. The fourth-order valence-electron chi connectivity index (χ4n) is 1.81. The van der Waals surface area contributed by atoms with E-state index in [-0.39, 0.29) is 5.41 Å². The number of hydrogen-bond donors (Lipinski definition) is 1. The number of nitrogens with two attached hydrogens (primary N) is 1. The maximum Gasteiger partial charge on any atom is 0.145 e. The van der Waals surface area contributed by atoms with Gasteiger partial charge in [0.1, 0.15) is 5.82 Å². The van der Waals surface area contributed by atoms with Crippen LogP contribution in [0.5, 0.6) is 0 Å². The highest BCUT2D eigenvalue weighted by Crippen LogP contribution is 2.25. The van der Waals surface area contributed by atoms with Crippen molar-refractivity contribution < 1.29 is 4.74 Å². The summed E-state index contributed by atoms with van der Waals surface area (Å²) in [5, 5.41) is 4.34. The van der Waals surface area contributed by atoms with E-state index in [1.54, 1.807) is 0 Å². The number of anilines is 1. The zero-order chi connectivity index (χ0) is 11.1. The van der Waals surface area contributed by atoms with Gasteiger partial charge in [0.05, 0.1) is 13.2 Å². The molecule has 2 rings (SSSR count). The summed E-state index contributed by atoms with van der Waals surface area (Å²) in [4.78, 5) is 0. The second kappa shape index (κ2) is 3.52. The summed E-state index contributed by atoms with van der Waals surface area (Å²) in [5.41, 5.74) is 7.04. The standard InChI is InChI=1S/C11H19N3O/c1-11(2,3)9-4-10(12)13-14(9)5-8-6-15-7-8/h4,8H,5-7H2,1-3H3,(H2,12,13). The Kier molecular flexibility index (Phi) is 2.46. The summed E-state index contributed by atoms with van der Waals surface area (Å²) in [5.74, 6) is 1.21. The molecule has 2 N–H and O–H groups in total. The molecule has 2 heterocycles. The van der Waals surface area contributed by atoms with Gasteiger partial charge in [0.25, 0.3) is 0 Å². The molecule has 1 saturated heterocycles. The Bertz CT molecular complexity index is 347. The van der Waals surface area contributed by atoms with Crippen molar-refractivity contribution in [2.45, 2.75) is 32.7 Å². The van der Waals surface area contributed by atoms with Gasteiger partial charge in [-0.3, -0.25) is 4.68 Å². The van der Waals surface area contributed by atoms with E-state index in [4.69, 9.17) is 10.5 Å². The van der Waals surface area contributed by atoms with Crippen molar-refractivity contribution in [3.63, 3.8) is 0 Å². The van der Waals surface area contributed by atoms with Gasteiger partial charge in [-0.05, 0) is 0 Å². The van der Waals surface area contributed by atoms with Crippen molar-refractivity contribution in [3.05, 3.63) is 11.8 Å². The lowest BCUT2D eigenvalue weighted by atomic mass is 9.92. The molecule has 0 atom stereocenters.